The van der Waals surface area contributed by atoms with E-state index in [1.54, 1.807) is 0 Å². The normalized spacial score (nSPS) is 9.90. The molecule has 3 heteroatoms. The fraction of sp³-hybridized carbons (Fsp3) is 0.286. The molecule has 10 heavy (non-hydrogen) atoms. The average molecular weight is 143 g/mol. The van der Waals surface area contributed by atoms with Gasteiger partial charge in [-0.15, -0.1) is 0 Å². The summed E-state index contributed by atoms with van der Waals surface area (Å²) in [6, 6.07) is 2.45. The van der Waals surface area contributed by atoms with Crippen LogP contribution < -0.4 is 0 Å². The van der Waals surface area contributed by atoms with Gasteiger partial charge in [-0.05, 0) is 24.1 Å². The summed E-state index contributed by atoms with van der Waals surface area (Å²) in [5.74, 6) is -1.51. The molecule has 0 saturated heterocycles. The summed E-state index contributed by atoms with van der Waals surface area (Å²) < 4.78 is 24.5. The fourth-order valence-corrected chi connectivity index (χ4v) is 0.718. The van der Waals surface area contributed by atoms with Crippen LogP contribution in [0, 0.1) is 11.9 Å². The Labute approximate surface area is 57.7 Å². The van der Waals surface area contributed by atoms with E-state index in [4.69, 9.17) is 0 Å². The Morgan fingerprint density at radius 1 is 1.30 bits per heavy atom. The van der Waals surface area contributed by atoms with E-state index in [2.05, 4.69) is 4.98 Å². The Bertz CT molecular complexity index is 215. The number of aryl methyl sites for hydroxylation is 1. The van der Waals surface area contributed by atoms with E-state index in [9.17, 15) is 8.78 Å². The van der Waals surface area contributed by atoms with Crippen molar-refractivity contribution in [2.75, 3.05) is 0 Å². The van der Waals surface area contributed by atoms with E-state index in [1.807, 2.05) is 6.92 Å². The Hall–Kier alpha value is -0.990. The van der Waals surface area contributed by atoms with Gasteiger partial charge in [-0.2, -0.15) is 13.8 Å². The van der Waals surface area contributed by atoms with Crippen LogP contribution in [-0.2, 0) is 6.42 Å². The van der Waals surface area contributed by atoms with Crippen molar-refractivity contribution in [2.24, 2.45) is 0 Å². The van der Waals surface area contributed by atoms with Gasteiger partial charge in [0.05, 0.1) is 0 Å². The standard InChI is InChI=1S/C7H7F2N/c1-2-5-3-6(8)10-7(9)4-5/h3-4H,2H2,1H3. The minimum absolute atomic E-state index is 0.621. The second-order valence-electron chi connectivity index (χ2n) is 1.97. The van der Waals surface area contributed by atoms with Crippen molar-refractivity contribution in [1.82, 2.24) is 4.98 Å². The highest BCUT2D eigenvalue weighted by atomic mass is 19.1. The van der Waals surface area contributed by atoms with Crippen molar-refractivity contribution in [2.45, 2.75) is 13.3 Å². The Morgan fingerprint density at radius 3 is 2.20 bits per heavy atom. The molecule has 0 atom stereocenters. The highest BCUT2D eigenvalue weighted by molar-refractivity contribution is 5.11. The van der Waals surface area contributed by atoms with Gasteiger partial charge in [0.15, 0.2) is 0 Å². The first-order chi connectivity index (χ1) is 4.72. The third kappa shape index (κ3) is 1.50. The summed E-state index contributed by atoms with van der Waals surface area (Å²) in [7, 11) is 0. The second kappa shape index (κ2) is 2.73. The molecule has 0 fully saturated rings. The first-order valence-electron chi connectivity index (χ1n) is 3.04. The molecule has 0 amide bonds. The van der Waals surface area contributed by atoms with Crippen molar-refractivity contribution < 1.29 is 8.78 Å². The highest BCUT2D eigenvalue weighted by Crippen LogP contribution is 2.03. The molecule has 1 aromatic heterocycles. The van der Waals surface area contributed by atoms with Gasteiger partial charge in [0.25, 0.3) is 0 Å². The van der Waals surface area contributed by atoms with Gasteiger partial charge in [0.1, 0.15) is 0 Å². The average Bonchev–Trinajstić information content (AvgIpc) is 1.85. The van der Waals surface area contributed by atoms with Crippen molar-refractivity contribution in [3.05, 3.63) is 29.6 Å². The predicted octanol–water partition coefficient (Wildman–Crippen LogP) is 1.92. The molecule has 0 radical (unpaired) electrons. The lowest BCUT2D eigenvalue weighted by Crippen LogP contribution is -1.91. The van der Waals surface area contributed by atoms with Gasteiger partial charge < -0.3 is 0 Å². The van der Waals surface area contributed by atoms with Crippen LogP contribution in [0.25, 0.3) is 0 Å². The third-order valence-electron chi connectivity index (χ3n) is 1.23. The summed E-state index contributed by atoms with van der Waals surface area (Å²) in [5.41, 5.74) is 0.630. The number of hydrogen-bond donors (Lipinski definition) is 0. The molecule has 0 N–H and O–H groups in total. The highest BCUT2D eigenvalue weighted by Gasteiger charge is 1.98. The molecule has 1 rings (SSSR count). The number of halogens is 2. The van der Waals surface area contributed by atoms with Gasteiger partial charge in [0.2, 0.25) is 11.9 Å². The SMILES string of the molecule is CCc1cc(F)nc(F)c1. The molecular weight excluding hydrogens is 136 g/mol. The van der Waals surface area contributed by atoms with Gasteiger partial charge in [-0.1, -0.05) is 6.92 Å². The van der Waals surface area contributed by atoms with Crippen molar-refractivity contribution in [1.29, 1.82) is 0 Å². The lowest BCUT2D eigenvalue weighted by atomic mass is 10.2. The van der Waals surface area contributed by atoms with E-state index in [1.165, 1.54) is 12.1 Å². The van der Waals surface area contributed by atoms with E-state index < -0.39 is 11.9 Å². The quantitative estimate of drug-likeness (QED) is 0.547. The van der Waals surface area contributed by atoms with E-state index >= 15 is 0 Å². The van der Waals surface area contributed by atoms with Crippen LogP contribution in [0.1, 0.15) is 12.5 Å². The van der Waals surface area contributed by atoms with E-state index in [-0.39, 0.29) is 0 Å². The van der Waals surface area contributed by atoms with Crippen LogP contribution in [0.2, 0.25) is 0 Å². The molecule has 0 aliphatic carbocycles. The van der Waals surface area contributed by atoms with Gasteiger partial charge in [-0.3, -0.25) is 0 Å². The Kier molecular flexibility index (Phi) is 1.94. The Balaban J connectivity index is 3.06. The molecule has 0 aliphatic rings. The zero-order chi connectivity index (χ0) is 7.56. The molecule has 1 heterocycles. The minimum atomic E-state index is -0.753. The first kappa shape index (κ1) is 7.12. The van der Waals surface area contributed by atoms with Crippen LogP contribution in [0.4, 0.5) is 8.78 Å². The number of aromatic nitrogens is 1. The second-order valence-corrected chi connectivity index (χ2v) is 1.97. The summed E-state index contributed by atoms with van der Waals surface area (Å²) in [4.78, 5) is 2.95. The molecule has 1 aromatic rings. The zero-order valence-corrected chi connectivity index (χ0v) is 5.56. The number of hydrogen-bond acceptors (Lipinski definition) is 1. The molecule has 0 spiro atoms. The zero-order valence-electron chi connectivity index (χ0n) is 5.56. The summed E-state index contributed by atoms with van der Waals surface area (Å²) in [6.07, 6.45) is 0.621. The van der Waals surface area contributed by atoms with Crippen LogP contribution in [-0.4, -0.2) is 4.98 Å². The van der Waals surface area contributed by atoms with E-state index in [0.29, 0.717) is 12.0 Å². The topological polar surface area (TPSA) is 12.9 Å². The van der Waals surface area contributed by atoms with Crippen molar-refractivity contribution in [3.8, 4) is 0 Å². The maximum atomic E-state index is 12.3. The summed E-state index contributed by atoms with van der Waals surface area (Å²) in [5, 5.41) is 0. The smallest absolute Gasteiger partial charge is 0.191 e. The first-order valence-corrected chi connectivity index (χ1v) is 3.04. The molecule has 0 unspecified atom stereocenters. The van der Waals surface area contributed by atoms with Crippen LogP contribution in [0.5, 0.6) is 0 Å². The van der Waals surface area contributed by atoms with Crippen molar-refractivity contribution in [3.63, 3.8) is 0 Å². The predicted molar refractivity (Wildman–Crippen MR) is 33.5 cm³/mol. The van der Waals surface area contributed by atoms with Gasteiger partial charge in [0, 0.05) is 0 Å². The lowest BCUT2D eigenvalue weighted by Gasteiger charge is -1.94. The van der Waals surface area contributed by atoms with E-state index in [0.717, 1.165) is 0 Å². The summed E-state index contributed by atoms with van der Waals surface area (Å²) in [6.45, 7) is 1.83. The molecule has 0 saturated carbocycles. The van der Waals surface area contributed by atoms with Crippen molar-refractivity contribution >= 4 is 0 Å². The number of rotatable bonds is 1. The minimum Gasteiger partial charge on any atom is -0.191 e. The number of pyridine rings is 1. The van der Waals surface area contributed by atoms with Gasteiger partial charge >= 0.3 is 0 Å². The van der Waals surface area contributed by atoms with Crippen LogP contribution in [0.15, 0.2) is 12.1 Å². The lowest BCUT2D eigenvalue weighted by molar-refractivity contribution is 0.510. The molecule has 0 aliphatic heterocycles. The summed E-state index contributed by atoms with van der Waals surface area (Å²) >= 11 is 0. The molecule has 0 bridgehead atoms. The largest absolute Gasteiger partial charge is 0.215 e. The number of nitrogens with zero attached hydrogens (tertiary/aromatic N) is 1. The molecular formula is C7H7F2N. The monoisotopic (exact) mass is 143 g/mol. The van der Waals surface area contributed by atoms with Crippen LogP contribution in [0.3, 0.4) is 0 Å². The van der Waals surface area contributed by atoms with Gasteiger partial charge in [-0.25, -0.2) is 0 Å². The molecule has 54 valence electrons. The van der Waals surface area contributed by atoms with Crippen LogP contribution >= 0.6 is 0 Å². The Morgan fingerprint density at radius 2 is 1.80 bits per heavy atom. The maximum absolute atomic E-state index is 12.3. The molecule has 0 aromatic carbocycles. The fourth-order valence-electron chi connectivity index (χ4n) is 0.718. The maximum Gasteiger partial charge on any atom is 0.215 e. The third-order valence-corrected chi connectivity index (χ3v) is 1.23. The molecule has 1 nitrogen and oxygen atoms in total.